The van der Waals surface area contributed by atoms with Crippen LogP contribution in [-0.2, 0) is 11.2 Å². The topological polar surface area (TPSA) is 72.6 Å². The summed E-state index contributed by atoms with van der Waals surface area (Å²) in [6.45, 7) is 2.41. The van der Waals surface area contributed by atoms with Crippen LogP contribution in [0.5, 0.6) is 11.5 Å². The first-order valence-corrected chi connectivity index (χ1v) is 9.97. The largest absolute Gasteiger partial charge is 0.507 e. The van der Waals surface area contributed by atoms with Crippen LogP contribution in [0.4, 0.5) is 4.39 Å². The molecule has 158 valence electrons. The zero-order valence-corrected chi connectivity index (χ0v) is 18.2. The van der Waals surface area contributed by atoms with E-state index in [2.05, 4.69) is 5.73 Å². The van der Waals surface area contributed by atoms with Crippen molar-refractivity contribution in [2.24, 2.45) is 5.73 Å². The molecular formula is C22H19Cl3FNO3. The molecule has 0 saturated heterocycles. The van der Waals surface area contributed by atoms with Crippen LogP contribution in [0.2, 0.25) is 15.1 Å². The molecule has 0 aliphatic heterocycles. The SMILES string of the molecule is CCOc1cc(Cl)c(Cc2ccc(O)c(-c3ccc(F)c(Cl)c3)c2)c(Cl)c1.NC=O. The Labute approximate surface area is 188 Å². The fraction of sp³-hybridized carbons (Fsp3) is 0.136. The predicted molar refractivity (Wildman–Crippen MR) is 119 cm³/mol. The Balaban J connectivity index is 0.00000101. The van der Waals surface area contributed by atoms with Crippen LogP contribution in [0.25, 0.3) is 11.1 Å². The summed E-state index contributed by atoms with van der Waals surface area (Å²) < 4.78 is 18.9. The van der Waals surface area contributed by atoms with Gasteiger partial charge in [0.05, 0.1) is 11.6 Å². The van der Waals surface area contributed by atoms with Crippen LogP contribution < -0.4 is 10.5 Å². The Morgan fingerprint density at radius 3 is 2.23 bits per heavy atom. The van der Waals surface area contributed by atoms with Crippen molar-refractivity contribution in [1.82, 2.24) is 0 Å². The van der Waals surface area contributed by atoms with E-state index in [1.807, 2.05) is 13.0 Å². The first-order valence-electron chi connectivity index (χ1n) is 8.84. The van der Waals surface area contributed by atoms with E-state index in [4.69, 9.17) is 44.3 Å². The summed E-state index contributed by atoms with van der Waals surface area (Å²) >= 11 is 18.6. The number of nitrogens with two attached hydrogens (primary N) is 1. The lowest BCUT2D eigenvalue weighted by Crippen LogP contribution is -1.96. The standard InChI is InChI=1S/C21H16Cl3FO2.CH3NO/c1-2-27-14-10-17(22)16(18(23)11-14)8-12-3-6-21(26)15(7-12)13-4-5-20(25)19(24)9-13;2-1-3/h3-7,9-11,26H,2,8H2,1H3;1H,(H2,2,3). The molecule has 0 spiro atoms. The predicted octanol–water partition coefficient (Wildman–Crippen LogP) is 6.25. The third-order valence-corrected chi connectivity index (χ3v) is 5.06. The molecular weight excluding hydrogens is 452 g/mol. The van der Waals surface area contributed by atoms with Gasteiger partial charge < -0.3 is 15.6 Å². The molecule has 0 aliphatic carbocycles. The summed E-state index contributed by atoms with van der Waals surface area (Å²) in [5, 5.41) is 11.2. The molecule has 1 amide bonds. The average Bonchev–Trinajstić information content (AvgIpc) is 2.69. The lowest BCUT2D eigenvalue weighted by Gasteiger charge is -2.12. The van der Waals surface area contributed by atoms with Crippen molar-refractivity contribution >= 4 is 41.2 Å². The highest BCUT2D eigenvalue weighted by molar-refractivity contribution is 6.36. The lowest BCUT2D eigenvalue weighted by molar-refractivity contribution is -0.106. The van der Waals surface area contributed by atoms with Gasteiger partial charge in [-0.1, -0.05) is 46.9 Å². The second-order valence-electron chi connectivity index (χ2n) is 6.09. The molecule has 0 aliphatic rings. The molecule has 0 aromatic heterocycles. The van der Waals surface area contributed by atoms with Gasteiger partial charge in [-0.2, -0.15) is 0 Å². The molecule has 0 unspecified atom stereocenters. The molecule has 3 N–H and O–H groups in total. The number of carbonyl (C=O) groups excluding carboxylic acids is 1. The minimum absolute atomic E-state index is 0.00472. The number of primary amides is 1. The van der Waals surface area contributed by atoms with E-state index >= 15 is 0 Å². The number of phenols is 1. The smallest absolute Gasteiger partial charge is 0.204 e. The number of phenolic OH excluding ortho intramolecular Hbond substituents is 1. The number of amides is 1. The number of hydrogen-bond donors (Lipinski definition) is 2. The van der Waals surface area contributed by atoms with Crippen molar-refractivity contribution in [3.05, 3.63) is 80.5 Å². The molecule has 0 atom stereocenters. The van der Waals surface area contributed by atoms with E-state index in [1.54, 1.807) is 30.3 Å². The second-order valence-corrected chi connectivity index (χ2v) is 7.31. The van der Waals surface area contributed by atoms with Crippen LogP contribution in [0.15, 0.2) is 48.5 Å². The molecule has 3 aromatic carbocycles. The summed E-state index contributed by atoms with van der Waals surface area (Å²) in [4.78, 5) is 8.58. The molecule has 0 bridgehead atoms. The van der Waals surface area contributed by atoms with Crippen molar-refractivity contribution in [2.45, 2.75) is 13.3 Å². The molecule has 4 nitrogen and oxygen atoms in total. The van der Waals surface area contributed by atoms with Crippen LogP contribution in [-0.4, -0.2) is 18.1 Å². The van der Waals surface area contributed by atoms with Crippen LogP contribution in [0.1, 0.15) is 18.1 Å². The number of rotatable bonds is 5. The fourth-order valence-electron chi connectivity index (χ4n) is 2.79. The third-order valence-electron chi connectivity index (χ3n) is 4.10. The van der Waals surface area contributed by atoms with Crippen molar-refractivity contribution in [2.75, 3.05) is 6.61 Å². The zero-order valence-electron chi connectivity index (χ0n) is 16.0. The number of halogens is 4. The van der Waals surface area contributed by atoms with E-state index in [0.717, 1.165) is 11.1 Å². The normalized spacial score (nSPS) is 10.2. The summed E-state index contributed by atoms with van der Waals surface area (Å²) in [5.41, 5.74) is 6.98. The quantitative estimate of drug-likeness (QED) is 0.433. The minimum Gasteiger partial charge on any atom is -0.507 e. The van der Waals surface area contributed by atoms with Gasteiger partial charge in [-0.25, -0.2) is 4.39 Å². The highest BCUT2D eigenvalue weighted by atomic mass is 35.5. The van der Waals surface area contributed by atoms with Crippen molar-refractivity contribution in [3.8, 4) is 22.6 Å². The maximum absolute atomic E-state index is 13.4. The summed E-state index contributed by atoms with van der Waals surface area (Å²) in [6.07, 6.45) is 0.715. The van der Waals surface area contributed by atoms with Gasteiger partial charge in [0.25, 0.3) is 0 Å². The Kier molecular flexibility index (Phi) is 8.78. The van der Waals surface area contributed by atoms with Gasteiger partial charge in [-0.05, 0) is 60.0 Å². The van der Waals surface area contributed by atoms with E-state index in [0.29, 0.717) is 39.9 Å². The van der Waals surface area contributed by atoms with E-state index < -0.39 is 5.82 Å². The number of hydrogen-bond acceptors (Lipinski definition) is 3. The van der Waals surface area contributed by atoms with Gasteiger partial charge in [-0.15, -0.1) is 0 Å². The molecule has 3 aromatic rings. The number of benzene rings is 3. The lowest BCUT2D eigenvalue weighted by atomic mass is 9.98. The van der Waals surface area contributed by atoms with Crippen LogP contribution >= 0.6 is 34.8 Å². The Bertz CT molecular complexity index is 1020. The fourth-order valence-corrected chi connectivity index (χ4v) is 3.57. The van der Waals surface area contributed by atoms with Crippen LogP contribution in [0, 0.1) is 5.82 Å². The molecule has 3 rings (SSSR count). The Hall–Kier alpha value is -2.47. The van der Waals surface area contributed by atoms with E-state index in [9.17, 15) is 9.50 Å². The van der Waals surface area contributed by atoms with Crippen LogP contribution in [0.3, 0.4) is 0 Å². The van der Waals surface area contributed by atoms with Crippen molar-refractivity contribution in [1.29, 1.82) is 0 Å². The molecule has 0 fully saturated rings. The second kappa shape index (κ2) is 11.1. The minimum atomic E-state index is -0.510. The van der Waals surface area contributed by atoms with Gasteiger partial charge in [0.1, 0.15) is 17.3 Å². The van der Waals surface area contributed by atoms with Crippen molar-refractivity contribution < 1.29 is 19.0 Å². The van der Waals surface area contributed by atoms with Gasteiger partial charge in [0.2, 0.25) is 6.41 Å². The van der Waals surface area contributed by atoms with Crippen molar-refractivity contribution in [3.63, 3.8) is 0 Å². The highest BCUT2D eigenvalue weighted by Gasteiger charge is 2.13. The van der Waals surface area contributed by atoms with Gasteiger partial charge in [-0.3, -0.25) is 4.79 Å². The highest BCUT2D eigenvalue weighted by Crippen LogP contribution is 2.36. The summed E-state index contributed by atoms with van der Waals surface area (Å²) in [7, 11) is 0. The first kappa shape index (κ1) is 23.8. The maximum atomic E-state index is 13.4. The Morgan fingerprint density at radius 1 is 1.03 bits per heavy atom. The van der Waals surface area contributed by atoms with Gasteiger partial charge in [0, 0.05) is 22.0 Å². The third kappa shape index (κ3) is 6.02. The monoisotopic (exact) mass is 469 g/mol. The molecule has 0 radical (unpaired) electrons. The number of ether oxygens (including phenoxy) is 1. The zero-order chi connectivity index (χ0) is 22.3. The van der Waals surface area contributed by atoms with E-state index in [1.165, 1.54) is 12.1 Å². The summed E-state index contributed by atoms with van der Waals surface area (Å²) in [5.74, 6) is 0.179. The van der Waals surface area contributed by atoms with Gasteiger partial charge >= 0.3 is 0 Å². The Morgan fingerprint density at radius 2 is 1.67 bits per heavy atom. The number of carbonyl (C=O) groups is 1. The number of aromatic hydroxyl groups is 1. The van der Waals surface area contributed by atoms with Gasteiger partial charge in [0.15, 0.2) is 0 Å². The molecule has 0 saturated carbocycles. The maximum Gasteiger partial charge on any atom is 0.204 e. The molecule has 30 heavy (non-hydrogen) atoms. The first-order chi connectivity index (χ1) is 14.3. The summed E-state index contributed by atoms with van der Waals surface area (Å²) in [6, 6.07) is 12.9. The average molecular weight is 471 g/mol. The molecule has 0 heterocycles. The van der Waals surface area contributed by atoms with E-state index in [-0.39, 0.29) is 17.2 Å². The molecule has 8 heteroatoms.